The number of rotatable bonds is 10. The number of hydrogen-bond acceptors (Lipinski definition) is 5. The van der Waals surface area contributed by atoms with Crippen molar-refractivity contribution in [3.05, 3.63) is 72.3 Å². The SMILES string of the molecule is CC(=O)N(CCCC(C)N(C(=O)C(=O)O)c1ccccc1C(=O)O)[C@@H](C)C(=O)Nc1cccc2ccccc12. The average molecular weight is 534 g/mol. The molecule has 0 aliphatic heterocycles. The first kappa shape index (κ1) is 28.8. The van der Waals surface area contributed by atoms with Crippen LogP contribution in [0.3, 0.4) is 0 Å². The lowest BCUT2D eigenvalue weighted by Gasteiger charge is -2.31. The molecule has 0 saturated heterocycles. The molecule has 0 aliphatic carbocycles. The zero-order valence-electron chi connectivity index (χ0n) is 22.0. The van der Waals surface area contributed by atoms with Crippen molar-refractivity contribution in [2.75, 3.05) is 16.8 Å². The van der Waals surface area contributed by atoms with E-state index in [-0.39, 0.29) is 36.0 Å². The highest BCUT2D eigenvalue weighted by Crippen LogP contribution is 2.26. The standard InChI is InChI=1S/C29H31N3O7/c1-18(32(27(35)29(38)39)25-16-7-6-14-23(25)28(36)37)10-9-17-31(20(3)33)19(2)26(34)30-24-15-8-12-21-11-4-5-13-22(21)24/h4-8,11-16,18-19H,9-10,17H2,1-3H3,(H,30,34)(H,36,37)(H,38,39)/t18?,19-/m0/s1. The van der Waals surface area contributed by atoms with E-state index in [0.29, 0.717) is 12.1 Å². The van der Waals surface area contributed by atoms with Crippen LogP contribution in [0.4, 0.5) is 11.4 Å². The van der Waals surface area contributed by atoms with Gasteiger partial charge in [-0.3, -0.25) is 19.3 Å². The number of nitrogens with zero attached hydrogens (tertiary/aromatic N) is 2. The Balaban J connectivity index is 1.72. The first-order valence-corrected chi connectivity index (χ1v) is 12.5. The highest BCUT2D eigenvalue weighted by molar-refractivity contribution is 6.37. The number of fused-ring (bicyclic) bond motifs is 1. The Bertz CT molecular complexity index is 1400. The van der Waals surface area contributed by atoms with Gasteiger partial charge < -0.3 is 20.4 Å². The predicted octanol–water partition coefficient (Wildman–Crippen LogP) is 4.00. The number of aromatic carboxylic acids is 1. The highest BCUT2D eigenvalue weighted by Gasteiger charge is 2.31. The van der Waals surface area contributed by atoms with Crippen molar-refractivity contribution in [3.63, 3.8) is 0 Å². The molecule has 0 aromatic heterocycles. The predicted molar refractivity (Wildman–Crippen MR) is 147 cm³/mol. The Labute approximate surface area is 225 Å². The van der Waals surface area contributed by atoms with Crippen molar-refractivity contribution < 1.29 is 34.2 Å². The second-order valence-corrected chi connectivity index (χ2v) is 9.20. The molecule has 0 saturated carbocycles. The van der Waals surface area contributed by atoms with E-state index in [4.69, 9.17) is 0 Å². The largest absolute Gasteiger partial charge is 0.478 e. The minimum atomic E-state index is -1.72. The van der Waals surface area contributed by atoms with Crippen LogP contribution < -0.4 is 10.2 Å². The van der Waals surface area contributed by atoms with Gasteiger partial charge in [0.05, 0.1) is 11.3 Å². The molecule has 10 heteroatoms. The number of amides is 3. The summed E-state index contributed by atoms with van der Waals surface area (Å²) >= 11 is 0. The smallest absolute Gasteiger partial charge is 0.394 e. The van der Waals surface area contributed by atoms with Crippen LogP contribution >= 0.6 is 0 Å². The third-order valence-electron chi connectivity index (χ3n) is 6.56. The summed E-state index contributed by atoms with van der Waals surface area (Å²) < 4.78 is 0. The lowest BCUT2D eigenvalue weighted by molar-refractivity contribution is -0.149. The van der Waals surface area contributed by atoms with Crippen molar-refractivity contribution in [2.24, 2.45) is 0 Å². The van der Waals surface area contributed by atoms with Gasteiger partial charge in [0.1, 0.15) is 6.04 Å². The van der Waals surface area contributed by atoms with Crippen LogP contribution in [0.5, 0.6) is 0 Å². The minimum absolute atomic E-state index is 0.0313. The van der Waals surface area contributed by atoms with Crippen LogP contribution in [0, 0.1) is 0 Å². The van der Waals surface area contributed by atoms with Crippen LogP contribution in [-0.4, -0.2) is 63.4 Å². The summed E-state index contributed by atoms with van der Waals surface area (Å²) in [5, 5.41) is 23.6. The van der Waals surface area contributed by atoms with Crippen molar-refractivity contribution in [1.29, 1.82) is 0 Å². The second-order valence-electron chi connectivity index (χ2n) is 9.20. The van der Waals surface area contributed by atoms with E-state index in [1.165, 1.54) is 36.1 Å². The first-order chi connectivity index (χ1) is 18.5. The van der Waals surface area contributed by atoms with Gasteiger partial charge in [-0.15, -0.1) is 0 Å². The van der Waals surface area contributed by atoms with E-state index >= 15 is 0 Å². The van der Waals surface area contributed by atoms with Gasteiger partial charge in [-0.05, 0) is 50.3 Å². The Hall–Kier alpha value is -4.73. The molecule has 1 unspecified atom stereocenters. The molecule has 3 amide bonds. The summed E-state index contributed by atoms with van der Waals surface area (Å²) in [4.78, 5) is 63.6. The van der Waals surface area contributed by atoms with E-state index in [2.05, 4.69) is 5.32 Å². The summed E-state index contributed by atoms with van der Waals surface area (Å²) in [7, 11) is 0. The molecule has 2 atom stereocenters. The van der Waals surface area contributed by atoms with Gasteiger partial charge in [0, 0.05) is 30.6 Å². The summed E-state index contributed by atoms with van der Waals surface area (Å²) in [6.07, 6.45) is 0.569. The maximum atomic E-state index is 13.1. The number of hydrogen-bond donors (Lipinski definition) is 3. The van der Waals surface area contributed by atoms with E-state index in [9.17, 15) is 34.2 Å². The first-order valence-electron chi connectivity index (χ1n) is 12.5. The van der Waals surface area contributed by atoms with Gasteiger partial charge in [-0.25, -0.2) is 9.59 Å². The molecule has 0 bridgehead atoms. The third kappa shape index (κ3) is 6.78. The Morgan fingerprint density at radius 1 is 0.872 bits per heavy atom. The number of benzene rings is 3. The van der Waals surface area contributed by atoms with Gasteiger partial charge in [0.25, 0.3) is 0 Å². The number of anilines is 2. The summed E-state index contributed by atoms with van der Waals surface area (Å²) in [5.41, 5.74) is 0.390. The molecule has 0 aliphatic rings. The Morgan fingerprint density at radius 3 is 2.18 bits per heavy atom. The van der Waals surface area contributed by atoms with Gasteiger partial charge >= 0.3 is 17.8 Å². The van der Waals surface area contributed by atoms with E-state index in [1.807, 2.05) is 36.4 Å². The van der Waals surface area contributed by atoms with Crippen molar-refractivity contribution in [2.45, 2.75) is 45.7 Å². The topological polar surface area (TPSA) is 144 Å². The molecule has 39 heavy (non-hydrogen) atoms. The molecule has 204 valence electrons. The molecule has 10 nitrogen and oxygen atoms in total. The molecule has 0 spiro atoms. The van der Waals surface area contributed by atoms with Gasteiger partial charge in [0.15, 0.2) is 0 Å². The van der Waals surface area contributed by atoms with Crippen LogP contribution in [0.15, 0.2) is 66.7 Å². The molecule has 0 heterocycles. The maximum absolute atomic E-state index is 13.1. The molecule has 3 N–H and O–H groups in total. The number of carboxylic acid groups (broad SMARTS) is 2. The fraction of sp³-hybridized carbons (Fsp3) is 0.276. The van der Waals surface area contributed by atoms with Crippen molar-refractivity contribution in [1.82, 2.24) is 4.90 Å². The molecular formula is C29H31N3O7. The zero-order valence-corrected chi connectivity index (χ0v) is 22.0. The van der Waals surface area contributed by atoms with E-state index in [0.717, 1.165) is 15.7 Å². The van der Waals surface area contributed by atoms with Gasteiger partial charge in [-0.2, -0.15) is 0 Å². The van der Waals surface area contributed by atoms with E-state index < -0.39 is 29.9 Å². The lowest BCUT2D eigenvalue weighted by atomic mass is 10.1. The van der Waals surface area contributed by atoms with Gasteiger partial charge in [0.2, 0.25) is 11.8 Å². The zero-order chi connectivity index (χ0) is 28.7. The van der Waals surface area contributed by atoms with Crippen LogP contribution in [0.25, 0.3) is 10.8 Å². The van der Waals surface area contributed by atoms with Gasteiger partial charge in [-0.1, -0.05) is 48.5 Å². The van der Waals surface area contributed by atoms with Crippen LogP contribution in [0.2, 0.25) is 0 Å². The number of nitrogens with one attached hydrogen (secondary N) is 1. The second kappa shape index (κ2) is 12.7. The molecular weight excluding hydrogens is 502 g/mol. The number of para-hydroxylation sites is 1. The van der Waals surface area contributed by atoms with E-state index in [1.54, 1.807) is 19.9 Å². The van der Waals surface area contributed by atoms with Crippen LogP contribution in [-0.2, 0) is 19.2 Å². The molecule has 0 fully saturated rings. The summed E-state index contributed by atoms with van der Waals surface area (Å²) in [5.74, 6) is -4.96. The van der Waals surface area contributed by atoms with Crippen molar-refractivity contribution in [3.8, 4) is 0 Å². The average Bonchev–Trinajstić information content (AvgIpc) is 2.91. The number of aliphatic carboxylic acids is 1. The normalized spacial score (nSPS) is 12.3. The minimum Gasteiger partial charge on any atom is -0.478 e. The number of carbonyl (C=O) groups is 5. The highest BCUT2D eigenvalue weighted by atomic mass is 16.4. The molecule has 3 aromatic rings. The summed E-state index contributed by atoms with van der Waals surface area (Å²) in [6.45, 7) is 4.75. The lowest BCUT2D eigenvalue weighted by Crippen LogP contribution is -2.46. The Morgan fingerprint density at radius 2 is 1.51 bits per heavy atom. The monoisotopic (exact) mass is 533 g/mol. The molecule has 3 rings (SSSR count). The number of carboxylic acids is 2. The maximum Gasteiger partial charge on any atom is 0.394 e. The molecule has 3 aromatic carbocycles. The number of carbonyl (C=O) groups excluding carboxylic acids is 3. The molecule has 0 radical (unpaired) electrons. The van der Waals surface area contributed by atoms with Crippen LogP contribution in [0.1, 0.15) is 44.0 Å². The Kier molecular flexibility index (Phi) is 9.38. The van der Waals surface area contributed by atoms with Crippen molar-refractivity contribution >= 4 is 51.8 Å². The fourth-order valence-electron chi connectivity index (χ4n) is 4.54. The third-order valence-corrected chi connectivity index (χ3v) is 6.56. The quantitative estimate of drug-likeness (QED) is 0.334. The fourth-order valence-corrected chi connectivity index (χ4v) is 4.54. The summed E-state index contributed by atoms with van der Waals surface area (Å²) in [6, 6.07) is 17.3.